The highest BCUT2D eigenvalue weighted by molar-refractivity contribution is 5.93. The van der Waals surface area contributed by atoms with Gasteiger partial charge in [-0.1, -0.05) is 36.4 Å². The molecule has 2 N–H and O–H groups in total. The summed E-state index contributed by atoms with van der Waals surface area (Å²) in [5, 5.41) is 5.09. The van der Waals surface area contributed by atoms with Crippen molar-refractivity contribution in [2.75, 3.05) is 21.3 Å². The van der Waals surface area contributed by atoms with Crippen LogP contribution in [0.4, 0.5) is 4.79 Å². The molecule has 5 aromatic rings. The van der Waals surface area contributed by atoms with Gasteiger partial charge in [-0.2, -0.15) is 0 Å². The molecule has 1 aliphatic heterocycles. The number of benzene rings is 3. The molecule has 0 saturated carbocycles. The Kier molecular flexibility index (Phi) is 8.06. The number of methoxy groups -OCH3 is 3. The van der Waals surface area contributed by atoms with Crippen molar-refractivity contribution >= 4 is 33.8 Å². The second-order valence-electron chi connectivity index (χ2n) is 12.5. The fourth-order valence-electron chi connectivity index (χ4n) is 6.49. The number of carbonyl (C=O) groups excluding carboxylic acids is 2. The second kappa shape index (κ2) is 12.0. The molecule has 0 saturated heterocycles. The molecule has 10 nitrogen and oxygen atoms in total. The number of hydrogen-bond donors (Lipinski definition) is 2. The Morgan fingerprint density at radius 1 is 0.935 bits per heavy atom. The molecule has 1 unspecified atom stereocenters. The number of para-hydroxylation sites is 2. The van der Waals surface area contributed by atoms with Crippen molar-refractivity contribution < 1.29 is 28.5 Å². The zero-order valence-electron chi connectivity index (χ0n) is 27.3. The molecule has 3 aromatic carbocycles. The summed E-state index contributed by atoms with van der Waals surface area (Å²) in [4.78, 5) is 33.9. The highest BCUT2D eigenvalue weighted by Gasteiger charge is 2.46. The maximum atomic E-state index is 14.4. The summed E-state index contributed by atoms with van der Waals surface area (Å²) in [5.74, 6) is 1.26. The van der Waals surface area contributed by atoms with Gasteiger partial charge in [0.1, 0.15) is 34.9 Å². The van der Waals surface area contributed by atoms with Crippen LogP contribution in [0, 0.1) is 0 Å². The minimum atomic E-state index is -0.888. The van der Waals surface area contributed by atoms with E-state index < -0.39 is 23.8 Å². The lowest BCUT2D eigenvalue weighted by molar-refractivity contribution is -0.127. The Morgan fingerprint density at radius 3 is 2.24 bits per heavy atom. The van der Waals surface area contributed by atoms with Crippen LogP contribution >= 0.6 is 0 Å². The highest BCUT2D eigenvalue weighted by Crippen LogP contribution is 2.44. The molecule has 0 fully saturated rings. The van der Waals surface area contributed by atoms with E-state index in [4.69, 9.17) is 18.9 Å². The van der Waals surface area contributed by atoms with Gasteiger partial charge in [0, 0.05) is 64.9 Å². The zero-order valence-corrected chi connectivity index (χ0v) is 27.3. The van der Waals surface area contributed by atoms with Crippen LogP contribution in [-0.4, -0.2) is 59.4 Å². The third-order valence-corrected chi connectivity index (χ3v) is 8.52. The van der Waals surface area contributed by atoms with Crippen molar-refractivity contribution in [1.82, 2.24) is 19.8 Å². The lowest BCUT2D eigenvalue weighted by Gasteiger charge is -2.41. The number of fused-ring (bicyclic) bond motifs is 4. The summed E-state index contributed by atoms with van der Waals surface area (Å²) < 4.78 is 24.7. The predicted molar refractivity (Wildman–Crippen MR) is 177 cm³/mol. The molecule has 1 aliphatic rings. The minimum absolute atomic E-state index is 0.105. The molecule has 0 radical (unpaired) electrons. The quantitative estimate of drug-likeness (QED) is 0.222. The molecule has 46 heavy (non-hydrogen) atoms. The normalized spacial score (nSPS) is 16.3. The minimum Gasteiger partial charge on any atom is -0.496 e. The van der Waals surface area contributed by atoms with Crippen molar-refractivity contribution in [3.8, 4) is 17.2 Å². The van der Waals surface area contributed by atoms with E-state index in [-0.39, 0.29) is 12.5 Å². The molecule has 0 bridgehead atoms. The van der Waals surface area contributed by atoms with Gasteiger partial charge in [0.05, 0.1) is 33.4 Å². The van der Waals surface area contributed by atoms with Gasteiger partial charge in [-0.3, -0.25) is 9.69 Å². The third-order valence-electron chi connectivity index (χ3n) is 8.52. The SMILES string of the molecule is COc1cc(OC)c(CNC(=O)[C@H]2Cc3c([nH]c4ccccc34)C(c3cn(C)c4ccccc34)N2C(=O)OC(C)(C)C)c(OC)c1. The van der Waals surface area contributed by atoms with Crippen molar-refractivity contribution in [3.05, 3.63) is 89.2 Å². The number of aromatic nitrogens is 2. The summed E-state index contributed by atoms with van der Waals surface area (Å²) in [7, 11) is 6.66. The van der Waals surface area contributed by atoms with E-state index in [1.165, 1.54) is 0 Å². The van der Waals surface area contributed by atoms with Crippen LogP contribution in [-0.2, 0) is 29.5 Å². The summed E-state index contributed by atoms with van der Waals surface area (Å²) in [6.07, 6.45) is 1.76. The molecule has 2 atom stereocenters. The highest BCUT2D eigenvalue weighted by atomic mass is 16.6. The largest absolute Gasteiger partial charge is 0.496 e. The number of carbonyl (C=O) groups is 2. The van der Waals surface area contributed by atoms with Crippen LogP contribution in [0.3, 0.4) is 0 Å². The first kappa shape index (κ1) is 30.9. The predicted octanol–water partition coefficient (Wildman–Crippen LogP) is 6.25. The molecular formula is C36H40N4O6. The number of H-pyrrole nitrogens is 1. The van der Waals surface area contributed by atoms with Gasteiger partial charge < -0.3 is 33.8 Å². The first-order valence-electron chi connectivity index (χ1n) is 15.3. The molecule has 0 spiro atoms. The summed E-state index contributed by atoms with van der Waals surface area (Å²) >= 11 is 0. The maximum absolute atomic E-state index is 14.4. The van der Waals surface area contributed by atoms with Crippen LogP contribution < -0.4 is 19.5 Å². The standard InChI is InChI=1S/C36H40N4O6/c1-36(2,3)46-35(42)40-29(34(41)37-19-25-30(44-6)16-21(43-5)17-31(25)45-7)18-24-22-12-8-10-14-27(22)38-32(24)33(40)26-20-39(4)28-15-11-9-13-23(26)28/h8-17,20,29,33,38H,18-19H2,1-7H3,(H,37,41)/t29-,33?/m1/s1. The monoisotopic (exact) mass is 624 g/mol. The van der Waals surface area contributed by atoms with Gasteiger partial charge in [0.25, 0.3) is 0 Å². The fourth-order valence-corrected chi connectivity index (χ4v) is 6.49. The maximum Gasteiger partial charge on any atom is 0.411 e. The number of nitrogens with zero attached hydrogens (tertiary/aromatic N) is 2. The van der Waals surface area contributed by atoms with Crippen LogP contribution in [0.5, 0.6) is 17.2 Å². The van der Waals surface area contributed by atoms with Gasteiger partial charge in [-0.05, 0) is 38.5 Å². The van der Waals surface area contributed by atoms with Gasteiger partial charge >= 0.3 is 6.09 Å². The van der Waals surface area contributed by atoms with Crippen LogP contribution in [0.1, 0.15) is 49.2 Å². The fraction of sp³-hybridized carbons (Fsp3) is 0.333. The van der Waals surface area contributed by atoms with E-state index in [2.05, 4.69) is 16.4 Å². The Labute approximate surface area is 268 Å². The molecule has 240 valence electrons. The van der Waals surface area contributed by atoms with Crippen molar-refractivity contribution in [2.45, 2.75) is 51.4 Å². The zero-order chi connectivity index (χ0) is 32.7. The Morgan fingerprint density at radius 2 is 1.59 bits per heavy atom. The van der Waals surface area contributed by atoms with Gasteiger partial charge in [-0.15, -0.1) is 0 Å². The number of rotatable bonds is 7. The van der Waals surface area contributed by atoms with Crippen molar-refractivity contribution in [2.24, 2.45) is 7.05 Å². The van der Waals surface area contributed by atoms with Crippen molar-refractivity contribution in [3.63, 3.8) is 0 Å². The smallest absolute Gasteiger partial charge is 0.411 e. The van der Waals surface area contributed by atoms with E-state index in [0.29, 0.717) is 29.2 Å². The average molecular weight is 625 g/mol. The lowest BCUT2D eigenvalue weighted by Crippen LogP contribution is -2.55. The second-order valence-corrected chi connectivity index (χ2v) is 12.5. The summed E-state index contributed by atoms with van der Waals surface area (Å²) in [6, 6.07) is 18.1. The van der Waals surface area contributed by atoms with Gasteiger partial charge in [0.15, 0.2) is 0 Å². The Bertz CT molecular complexity index is 1910. The molecular weight excluding hydrogens is 584 g/mol. The summed E-state index contributed by atoms with van der Waals surface area (Å²) in [6.45, 7) is 5.59. The molecule has 6 rings (SSSR count). The molecule has 0 aliphatic carbocycles. The van der Waals surface area contributed by atoms with E-state index in [1.807, 2.05) is 81.0 Å². The third kappa shape index (κ3) is 5.48. The van der Waals surface area contributed by atoms with E-state index in [0.717, 1.165) is 38.6 Å². The average Bonchev–Trinajstić information content (AvgIpc) is 3.58. The van der Waals surface area contributed by atoms with Crippen LogP contribution in [0.2, 0.25) is 0 Å². The lowest BCUT2D eigenvalue weighted by atomic mass is 9.87. The van der Waals surface area contributed by atoms with Crippen LogP contribution in [0.15, 0.2) is 66.9 Å². The Balaban J connectivity index is 1.49. The summed E-state index contributed by atoms with van der Waals surface area (Å²) in [5.41, 5.74) is 4.58. The van der Waals surface area contributed by atoms with Crippen molar-refractivity contribution in [1.29, 1.82) is 0 Å². The van der Waals surface area contributed by atoms with E-state index in [1.54, 1.807) is 38.4 Å². The van der Waals surface area contributed by atoms with E-state index >= 15 is 0 Å². The number of amides is 2. The number of ether oxygens (including phenoxy) is 4. The molecule has 2 aromatic heterocycles. The topological polar surface area (TPSA) is 107 Å². The van der Waals surface area contributed by atoms with E-state index in [9.17, 15) is 9.59 Å². The molecule has 10 heteroatoms. The molecule has 2 amide bonds. The van der Waals surface area contributed by atoms with Crippen LogP contribution in [0.25, 0.3) is 21.8 Å². The van der Waals surface area contributed by atoms with Gasteiger partial charge in [0.2, 0.25) is 5.91 Å². The van der Waals surface area contributed by atoms with Gasteiger partial charge in [-0.25, -0.2) is 4.79 Å². The first-order chi connectivity index (χ1) is 22.0. The number of aromatic amines is 1. The number of aryl methyl sites for hydroxylation is 1. The first-order valence-corrected chi connectivity index (χ1v) is 15.3. The molecule has 3 heterocycles. The number of hydrogen-bond acceptors (Lipinski definition) is 6. The Hall–Kier alpha value is -5.12. The number of nitrogens with one attached hydrogen (secondary N) is 2.